The van der Waals surface area contributed by atoms with Crippen LogP contribution in [-0.2, 0) is 14.4 Å². The number of rotatable bonds is 8. The smallest absolute Gasteiger partial charge is 0.243 e. The predicted molar refractivity (Wildman–Crippen MR) is 156 cm³/mol. The van der Waals surface area contributed by atoms with Crippen LogP contribution in [0.1, 0.15) is 23.6 Å². The van der Waals surface area contributed by atoms with Crippen LogP contribution in [0.4, 0.5) is 5.69 Å². The van der Waals surface area contributed by atoms with Gasteiger partial charge in [-0.25, -0.2) is 0 Å². The Hall–Kier alpha value is -3.72. The van der Waals surface area contributed by atoms with Crippen LogP contribution in [0.5, 0.6) is 0 Å². The molecule has 208 valence electrons. The summed E-state index contributed by atoms with van der Waals surface area (Å²) in [4.78, 5) is 45.0. The Morgan fingerprint density at radius 3 is 2.05 bits per heavy atom. The zero-order valence-electron chi connectivity index (χ0n) is 22.3. The van der Waals surface area contributed by atoms with Crippen LogP contribution < -0.4 is 10.6 Å². The number of carbonyl (C=O) groups excluding carboxylic acids is 3. The van der Waals surface area contributed by atoms with E-state index >= 15 is 0 Å². The topological polar surface area (TPSA) is 85.0 Å². The van der Waals surface area contributed by atoms with Crippen molar-refractivity contribution in [3.63, 3.8) is 0 Å². The molecule has 0 aliphatic carbocycles. The second-order valence-electron chi connectivity index (χ2n) is 10.2. The number of benzene rings is 3. The number of piperazine rings is 2. The van der Waals surface area contributed by atoms with Crippen LogP contribution in [0.3, 0.4) is 0 Å². The van der Waals surface area contributed by atoms with E-state index in [1.807, 2.05) is 12.1 Å². The van der Waals surface area contributed by atoms with E-state index in [9.17, 15) is 14.4 Å². The highest BCUT2D eigenvalue weighted by molar-refractivity contribution is 6.30. The van der Waals surface area contributed by atoms with Crippen molar-refractivity contribution in [3.8, 4) is 0 Å². The van der Waals surface area contributed by atoms with Gasteiger partial charge in [0.25, 0.3) is 0 Å². The summed E-state index contributed by atoms with van der Waals surface area (Å²) in [6.07, 6.45) is -0.107. The number of amides is 3. The molecule has 2 heterocycles. The lowest BCUT2D eigenvalue weighted by molar-refractivity contribution is -0.145. The Kier molecular flexibility index (Phi) is 9.11. The normalized spacial score (nSPS) is 18.4. The Morgan fingerprint density at radius 1 is 0.850 bits per heavy atom. The monoisotopic (exact) mass is 559 g/mol. The van der Waals surface area contributed by atoms with Crippen LogP contribution in [0.2, 0.25) is 5.02 Å². The van der Waals surface area contributed by atoms with Crippen LogP contribution in [-0.4, -0.2) is 84.3 Å². The third-order valence-corrected chi connectivity index (χ3v) is 7.77. The molecule has 0 aromatic heterocycles. The Bertz CT molecular complexity index is 1260. The van der Waals surface area contributed by atoms with E-state index in [0.29, 0.717) is 23.8 Å². The van der Waals surface area contributed by atoms with Gasteiger partial charge in [-0.2, -0.15) is 0 Å². The molecular formula is C31H34ClN5O3. The molecule has 0 saturated carbocycles. The summed E-state index contributed by atoms with van der Waals surface area (Å²) >= 11 is 5.92. The van der Waals surface area contributed by atoms with Crippen molar-refractivity contribution >= 4 is 35.0 Å². The molecule has 2 saturated heterocycles. The van der Waals surface area contributed by atoms with E-state index in [4.69, 9.17) is 11.6 Å². The van der Waals surface area contributed by atoms with E-state index in [1.165, 1.54) is 11.1 Å². The maximum absolute atomic E-state index is 13.4. The van der Waals surface area contributed by atoms with Gasteiger partial charge < -0.3 is 15.5 Å². The number of hydrogen-bond donors (Lipinski definition) is 2. The average Bonchev–Trinajstić information content (AvgIpc) is 2.97. The van der Waals surface area contributed by atoms with Gasteiger partial charge in [0.2, 0.25) is 17.7 Å². The molecule has 40 heavy (non-hydrogen) atoms. The lowest BCUT2D eigenvalue weighted by Crippen LogP contribution is -2.60. The third kappa shape index (κ3) is 6.88. The standard InChI is InChI=1S/C31H34ClN5O3/c32-25-11-13-26(14-12-25)34-28(38)21-27-31(40)33-15-16-37(27)29(39)22-35-17-19-36(20-18-35)30(23-7-3-1-4-8-23)24-9-5-2-6-10-24/h1-14,27,30H,15-22H2,(H,33,40)(H,34,38)/t27-/m1/s1. The summed E-state index contributed by atoms with van der Waals surface area (Å²) in [6.45, 7) is 4.09. The molecule has 0 bridgehead atoms. The van der Waals surface area contributed by atoms with Crippen molar-refractivity contribution in [2.75, 3.05) is 51.1 Å². The number of nitrogens with one attached hydrogen (secondary N) is 2. The molecule has 3 aromatic carbocycles. The lowest BCUT2D eigenvalue weighted by atomic mass is 9.96. The van der Waals surface area contributed by atoms with Crippen molar-refractivity contribution in [3.05, 3.63) is 101 Å². The van der Waals surface area contributed by atoms with E-state index in [-0.39, 0.29) is 36.7 Å². The predicted octanol–water partition coefficient (Wildman–Crippen LogP) is 3.40. The highest BCUT2D eigenvalue weighted by Crippen LogP contribution is 2.29. The quantitative estimate of drug-likeness (QED) is 0.442. The second kappa shape index (κ2) is 13.1. The molecule has 2 N–H and O–H groups in total. The molecule has 2 aliphatic heterocycles. The van der Waals surface area contributed by atoms with Gasteiger partial charge in [0, 0.05) is 50.0 Å². The van der Waals surface area contributed by atoms with Gasteiger partial charge >= 0.3 is 0 Å². The first-order valence-electron chi connectivity index (χ1n) is 13.7. The SMILES string of the molecule is O=C(C[C@@H]1C(=O)NCCN1C(=O)CN1CCN(C(c2ccccc2)c2ccccc2)CC1)Nc1ccc(Cl)cc1. The van der Waals surface area contributed by atoms with Crippen LogP contribution >= 0.6 is 11.6 Å². The van der Waals surface area contributed by atoms with Crippen LogP contribution in [0, 0.1) is 0 Å². The summed E-state index contributed by atoms with van der Waals surface area (Å²) in [5.74, 6) is -0.761. The molecular weight excluding hydrogens is 526 g/mol. The number of halogens is 1. The second-order valence-corrected chi connectivity index (χ2v) is 10.6. The minimum absolute atomic E-state index is 0.107. The highest BCUT2D eigenvalue weighted by Gasteiger charge is 2.36. The fourth-order valence-corrected chi connectivity index (χ4v) is 5.61. The zero-order chi connectivity index (χ0) is 27.9. The maximum Gasteiger partial charge on any atom is 0.243 e. The number of hydrogen-bond acceptors (Lipinski definition) is 5. The molecule has 5 rings (SSSR count). The van der Waals surface area contributed by atoms with Gasteiger partial charge in [-0.05, 0) is 35.4 Å². The first kappa shape index (κ1) is 27.8. The van der Waals surface area contributed by atoms with E-state index in [0.717, 1.165) is 26.2 Å². The van der Waals surface area contributed by atoms with Crippen LogP contribution in [0.15, 0.2) is 84.9 Å². The summed E-state index contributed by atoms with van der Waals surface area (Å²) < 4.78 is 0. The summed E-state index contributed by atoms with van der Waals surface area (Å²) in [5.41, 5.74) is 3.08. The molecule has 3 amide bonds. The fraction of sp³-hybridized carbons (Fsp3) is 0.323. The van der Waals surface area contributed by atoms with Crippen molar-refractivity contribution in [2.45, 2.75) is 18.5 Å². The van der Waals surface area contributed by atoms with E-state index < -0.39 is 6.04 Å². The number of carbonyl (C=O) groups is 3. The first-order chi connectivity index (χ1) is 19.5. The molecule has 1 atom stereocenters. The van der Waals surface area contributed by atoms with Crippen molar-refractivity contribution in [1.82, 2.24) is 20.0 Å². The van der Waals surface area contributed by atoms with Crippen molar-refractivity contribution in [2.24, 2.45) is 0 Å². The fourth-order valence-electron chi connectivity index (χ4n) is 5.48. The van der Waals surface area contributed by atoms with Crippen molar-refractivity contribution in [1.29, 1.82) is 0 Å². The van der Waals surface area contributed by atoms with E-state index in [1.54, 1.807) is 29.2 Å². The molecule has 2 aliphatic rings. The van der Waals surface area contributed by atoms with Gasteiger partial charge in [-0.1, -0.05) is 72.3 Å². The zero-order valence-corrected chi connectivity index (χ0v) is 23.1. The summed E-state index contributed by atoms with van der Waals surface area (Å²) in [6, 6.07) is 27.1. The van der Waals surface area contributed by atoms with Gasteiger partial charge in [-0.15, -0.1) is 0 Å². The maximum atomic E-state index is 13.4. The third-order valence-electron chi connectivity index (χ3n) is 7.52. The Morgan fingerprint density at radius 2 is 1.45 bits per heavy atom. The van der Waals surface area contributed by atoms with Gasteiger partial charge in [0.05, 0.1) is 19.0 Å². The molecule has 0 unspecified atom stereocenters. The largest absolute Gasteiger partial charge is 0.353 e. The number of anilines is 1. The molecule has 2 fully saturated rings. The average molecular weight is 560 g/mol. The van der Waals surface area contributed by atoms with Gasteiger partial charge in [0.1, 0.15) is 6.04 Å². The minimum atomic E-state index is -0.838. The molecule has 0 radical (unpaired) electrons. The number of nitrogens with zero attached hydrogens (tertiary/aromatic N) is 3. The van der Waals surface area contributed by atoms with Crippen molar-refractivity contribution < 1.29 is 14.4 Å². The summed E-state index contributed by atoms with van der Waals surface area (Å²) in [5, 5.41) is 6.15. The van der Waals surface area contributed by atoms with Gasteiger partial charge in [-0.3, -0.25) is 24.2 Å². The Balaban J connectivity index is 1.19. The molecule has 3 aromatic rings. The van der Waals surface area contributed by atoms with E-state index in [2.05, 4.69) is 69.0 Å². The molecule has 0 spiro atoms. The van der Waals surface area contributed by atoms with Crippen LogP contribution in [0.25, 0.3) is 0 Å². The molecule has 9 heteroatoms. The summed E-state index contributed by atoms with van der Waals surface area (Å²) in [7, 11) is 0. The molecule has 8 nitrogen and oxygen atoms in total. The minimum Gasteiger partial charge on any atom is -0.353 e. The lowest BCUT2D eigenvalue weighted by Gasteiger charge is -2.41. The first-order valence-corrected chi connectivity index (χ1v) is 14.0. The Labute approximate surface area is 239 Å². The van der Waals surface area contributed by atoms with Gasteiger partial charge in [0.15, 0.2) is 0 Å². The highest BCUT2D eigenvalue weighted by atomic mass is 35.5.